The van der Waals surface area contributed by atoms with E-state index in [1.807, 2.05) is 23.6 Å². The first kappa shape index (κ1) is 21.6. The van der Waals surface area contributed by atoms with E-state index >= 15 is 0 Å². The number of nitrogens with zero attached hydrogens (tertiary/aromatic N) is 3. The van der Waals surface area contributed by atoms with Gasteiger partial charge in [0.1, 0.15) is 16.5 Å². The third kappa shape index (κ3) is 4.65. The number of pyridine rings is 1. The Hall–Kier alpha value is -3.64. The lowest BCUT2D eigenvalue weighted by Gasteiger charge is -2.08. The maximum absolute atomic E-state index is 12.5. The van der Waals surface area contributed by atoms with Gasteiger partial charge >= 0.3 is 0 Å². The Morgan fingerprint density at radius 3 is 2.50 bits per heavy atom. The maximum atomic E-state index is 12.5. The highest BCUT2D eigenvalue weighted by Crippen LogP contribution is 2.34. The van der Waals surface area contributed by atoms with Crippen molar-refractivity contribution < 1.29 is 22.4 Å². The molecule has 0 bridgehead atoms. The van der Waals surface area contributed by atoms with Crippen molar-refractivity contribution in [2.75, 3.05) is 24.3 Å². The van der Waals surface area contributed by atoms with Crippen LogP contribution in [0.1, 0.15) is 5.76 Å². The molecule has 4 aromatic rings. The lowest BCUT2D eigenvalue weighted by molar-refractivity contribution is 0.355. The lowest BCUT2D eigenvalue weighted by atomic mass is 10.1. The van der Waals surface area contributed by atoms with Crippen LogP contribution in [0.4, 0.5) is 16.8 Å². The highest BCUT2D eigenvalue weighted by Gasteiger charge is 2.17. The number of hydrogen-bond donors (Lipinski definition) is 2. The number of aromatic nitrogens is 3. The average Bonchev–Trinajstić information content (AvgIpc) is 3.42. The number of methoxy groups -OCH3 is 2. The van der Waals surface area contributed by atoms with Crippen molar-refractivity contribution in [3.05, 3.63) is 53.7 Å². The monoisotopic (exact) mass is 473 g/mol. The summed E-state index contributed by atoms with van der Waals surface area (Å²) in [7, 11) is -0.674. The predicted molar refractivity (Wildman–Crippen MR) is 120 cm³/mol. The molecule has 10 nitrogen and oxygen atoms in total. The number of sulfonamides is 1. The van der Waals surface area contributed by atoms with Gasteiger partial charge in [-0.3, -0.25) is 4.72 Å². The largest absolute Gasteiger partial charge is 0.493 e. The Kier molecular flexibility index (Phi) is 5.97. The molecule has 0 spiro atoms. The summed E-state index contributed by atoms with van der Waals surface area (Å²) in [4.78, 5) is 8.73. The number of aryl methyl sites for hydroxylation is 1. The summed E-state index contributed by atoms with van der Waals surface area (Å²) in [5, 5.41) is 9.20. The van der Waals surface area contributed by atoms with Gasteiger partial charge in [0, 0.05) is 23.2 Å². The minimum Gasteiger partial charge on any atom is -0.493 e. The van der Waals surface area contributed by atoms with E-state index in [2.05, 4.69) is 25.2 Å². The van der Waals surface area contributed by atoms with Gasteiger partial charge in [0.15, 0.2) is 22.4 Å². The van der Waals surface area contributed by atoms with Crippen LogP contribution in [0.15, 0.2) is 57.4 Å². The first-order valence-corrected chi connectivity index (χ1v) is 11.6. The van der Waals surface area contributed by atoms with E-state index in [1.165, 1.54) is 29.7 Å². The molecule has 2 N–H and O–H groups in total. The van der Waals surface area contributed by atoms with Gasteiger partial charge in [0.2, 0.25) is 0 Å². The quantitative estimate of drug-likeness (QED) is 0.389. The highest BCUT2D eigenvalue weighted by atomic mass is 32.2. The van der Waals surface area contributed by atoms with Crippen molar-refractivity contribution >= 4 is 38.1 Å². The Balaban J connectivity index is 1.47. The van der Waals surface area contributed by atoms with Crippen LogP contribution in [-0.4, -0.2) is 37.8 Å². The Morgan fingerprint density at radius 2 is 1.84 bits per heavy atom. The first-order chi connectivity index (χ1) is 15.4. The van der Waals surface area contributed by atoms with Gasteiger partial charge < -0.3 is 19.3 Å². The van der Waals surface area contributed by atoms with Crippen molar-refractivity contribution in [1.29, 1.82) is 0 Å². The minimum atomic E-state index is -3.83. The highest BCUT2D eigenvalue weighted by molar-refractivity contribution is 7.92. The second kappa shape index (κ2) is 8.85. The fourth-order valence-corrected chi connectivity index (χ4v) is 4.45. The third-order valence-electron chi connectivity index (χ3n) is 4.33. The number of ether oxygens (including phenoxy) is 2. The first-order valence-electron chi connectivity index (χ1n) is 9.25. The fourth-order valence-electron chi connectivity index (χ4n) is 2.79. The summed E-state index contributed by atoms with van der Waals surface area (Å²) in [5.41, 5.74) is 1.63. The summed E-state index contributed by atoms with van der Waals surface area (Å²) >= 11 is 1.39. The summed E-state index contributed by atoms with van der Waals surface area (Å²) in [6.45, 7) is 1.67. The number of rotatable bonds is 8. The molecule has 3 heterocycles. The molecular weight excluding hydrogens is 454 g/mol. The molecule has 0 saturated heterocycles. The van der Waals surface area contributed by atoms with Gasteiger partial charge in [-0.25, -0.2) is 18.4 Å². The van der Waals surface area contributed by atoms with E-state index in [9.17, 15) is 8.42 Å². The van der Waals surface area contributed by atoms with Gasteiger partial charge in [-0.05, 0) is 37.3 Å². The Morgan fingerprint density at radius 1 is 1.03 bits per heavy atom. The summed E-state index contributed by atoms with van der Waals surface area (Å²) in [6.07, 6.45) is 1.25. The fraction of sp³-hybridized carbons (Fsp3) is 0.150. The maximum Gasteiger partial charge on any atom is 0.264 e. The van der Waals surface area contributed by atoms with E-state index in [0.29, 0.717) is 28.2 Å². The summed E-state index contributed by atoms with van der Waals surface area (Å²) in [5.74, 6) is 2.30. The zero-order valence-corrected chi connectivity index (χ0v) is 19.0. The van der Waals surface area contributed by atoms with Crippen LogP contribution in [0.3, 0.4) is 0 Å². The molecule has 1 aromatic carbocycles. The number of thiazole rings is 1. The molecule has 0 fully saturated rings. The van der Waals surface area contributed by atoms with E-state index < -0.39 is 10.0 Å². The van der Waals surface area contributed by atoms with Crippen LogP contribution in [0.5, 0.6) is 11.5 Å². The molecule has 0 amide bonds. The van der Waals surface area contributed by atoms with Crippen molar-refractivity contribution in [3.8, 4) is 22.8 Å². The number of benzene rings is 1. The summed E-state index contributed by atoms with van der Waals surface area (Å²) < 4.78 is 42.7. The summed E-state index contributed by atoms with van der Waals surface area (Å²) in [6, 6.07) is 10.0. The number of hydrogen-bond acceptors (Lipinski definition) is 10. The Labute approximate surface area is 188 Å². The van der Waals surface area contributed by atoms with Crippen LogP contribution in [0, 0.1) is 6.92 Å². The lowest BCUT2D eigenvalue weighted by Crippen LogP contribution is -2.13. The van der Waals surface area contributed by atoms with Crippen molar-refractivity contribution in [2.45, 2.75) is 11.8 Å². The van der Waals surface area contributed by atoms with Gasteiger partial charge in [-0.2, -0.15) is 0 Å². The van der Waals surface area contributed by atoms with Gasteiger partial charge in [0.25, 0.3) is 10.0 Å². The van der Waals surface area contributed by atoms with E-state index in [4.69, 9.17) is 14.0 Å². The molecule has 0 aliphatic heterocycles. The Bertz CT molecular complexity index is 1330. The number of nitrogens with one attached hydrogen (secondary N) is 2. The molecule has 0 atom stereocenters. The van der Waals surface area contributed by atoms with Gasteiger partial charge in [-0.1, -0.05) is 5.16 Å². The smallest absolute Gasteiger partial charge is 0.264 e. The number of anilines is 3. The molecule has 0 radical (unpaired) electrons. The molecule has 0 aliphatic carbocycles. The van der Waals surface area contributed by atoms with Gasteiger partial charge in [-0.15, -0.1) is 11.3 Å². The van der Waals surface area contributed by atoms with Crippen LogP contribution in [0.2, 0.25) is 0 Å². The van der Waals surface area contributed by atoms with Crippen LogP contribution >= 0.6 is 11.3 Å². The molecular formula is C20H19N5O5S2. The topological polar surface area (TPSA) is 128 Å². The zero-order chi connectivity index (χ0) is 22.7. The van der Waals surface area contributed by atoms with Crippen molar-refractivity contribution in [1.82, 2.24) is 15.1 Å². The standard InChI is InChI=1S/C20H19N5O5S2/c1-12-8-19(24-30-12)25-32(26,27)14-5-7-18(21-10-14)23-20-22-15(11-31-20)13-4-6-16(28-2)17(9-13)29-3/h4-11H,1-3H3,(H,24,25)(H,21,22,23). The zero-order valence-electron chi connectivity index (χ0n) is 17.3. The molecule has 166 valence electrons. The molecule has 4 rings (SSSR count). The van der Waals surface area contributed by atoms with E-state index in [0.717, 1.165) is 11.3 Å². The molecule has 12 heteroatoms. The molecule has 0 aliphatic rings. The molecule has 3 aromatic heterocycles. The minimum absolute atomic E-state index is 0.00569. The van der Waals surface area contributed by atoms with Crippen LogP contribution < -0.4 is 19.5 Å². The van der Waals surface area contributed by atoms with Crippen molar-refractivity contribution in [2.24, 2.45) is 0 Å². The van der Waals surface area contributed by atoms with E-state index in [-0.39, 0.29) is 10.7 Å². The average molecular weight is 474 g/mol. The normalized spacial score (nSPS) is 11.2. The second-order valence-electron chi connectivity index (χ2n) is 6.54. The van der Waals surface area contributed by atoms with Crippen LogP contribution in [-0.2, 0) is 10.0 Å². The van der Waals surface area contributed by atoms with Gasteiger partial charge in [0.05, 0.1) is 19.9 Å². The van der Waals surface area contributed by atoms with Crippen molar-refractivity contribution in [3.63, 3.8) is 0 Å². The van der Waals surface area contributed by atoms with Crippen LogP contribution in [0.25, 0.3) is 11.3 Å². The third-order valence-corrected chi connectivity index (χ3v) is 6.43. The predicted octanol–water partition coefficient (Wildman–Crippen LogP) is 4.06. The van der Waals surface area contributed by atoms with E-state index in [1.54, 1.807) is 27.2 Å². The molecule has 32 heavy (non-hydrogen) atoms. The SMILES string of the molecule is COc1ccc(-c2csc(Nc3ccc(S(=O)(=O)Nc4cc(C)on4)cn3)n2)cc1OC. The molecule has 0 unspecified atom stereocenters. The molecule has 0 saturated carbocycles. The second-order valence-corrected chi connectivity index (χ2v) is 9.08.